The van der Waals surface area contributed by atoms with Crippen molar-refractivity contribution in [1.29, 1.82) is 0 Å². The fourth-order valence-corrected chi connectivity index (χ4v) is 3.44. The van der Waals surface area contributed by atoms with Crippen molar-refractivity contribution in [3.05, 3.63) is 33.4 Å². The zero-order valence-corrected chi connectivity index (χ0v) is 21.8. The molecule has 0 aliphatic heterocycles. The maximum Gasteiger partial charge on any atom is 0.410 e. The predicted octanol–water partition coefficient (Wildman–Crippen LogP) is 6.67. The van der Waals surface area contributed by atoms with Gasteiger partial charge in [-0.3, -0.25) is 4.90 Å². The topological polar surface area (TPSA) is 67.9 Å². The average molecular weight is 473 g/mol. The molecular formula is C23H40N2O4S2. The highest BCUT2D eigenvalue weighted by Crippen LogP contribution is 2.19. The molecule has 1 aromatic heterocycles. The van der Waals surface area contributed by atoms with Crippen LogP contribution in [0.25, 0.3) is 0 Å². The van der Waals surface area contributed by atoms with Crippen molar-refractivity contribution in [3.8, 4) is 0 Å². The number of nitrogens with zero attached hydrogens (tertiary/aromatic N) is 1. The van der Waals surface area contributed by atoms with E-state index >= 15 is 0 Å². The van der Waals surface area contributed by atoms with E-state index in [4.69, 9.17) is 9.47 Å². The van der Waals surface area contributed by atoms with Gasteiger partial charge in [-0.1, -0.05) is 45.8 Å². The maximum absolute atomic E-state index is 12.5. The Hall–Kier alpha value is -1.67. The number of rotatable bonds is 10. The molecule has 1 aromatic rings. The molecular weight excluding hydrogens is 432 g/mol. The third-order valence-electron chi connectivity index (χ3n) is 3.72. The molecule has 31 heavy (non-hydrogen) atoms. The van der Waals surface area contributed by atoms with E-state index in [1.807, 2.05) is 23.8 Å². The predicted molar refractivity (Wildman–Crippen MR) is 133 cm³/mol. The molecule has 0 spiro atoms. The average Bonchev–Trinajstić information content (AvgIpc) is 3.22. The van der Waals surface area contributed by atoms with Crippen LogP contribution < -0.4 is 5.32 Å². The number of allylic oxidation sites excluding steroid dienone is 1. The van der Waals surface area contributed by atoms with Crippen LogP contribution in [0.3, 0.4) is 0 Å². The van der Waals surface area contributed by atoms with Gasteiger partial charge in [0.2, 0.25) is 0 Å². The molecule has 0 saturated carbocycles. The summed E-state index contributed by atoms with van der Waals surface area (Å²) in [7, 11) is 0. The van der Waals surface area contributed by atoms with E-state index in [1.165, 1.54) is 12.8 Å². The third-order valence-corrected chi connectivity index (χ3v) is 5.40. The minimum absolute atomic E-state index is 0.0884. The van der Waals surface area contributed by atoms with Gasteiger partial charge in [-0.05, 0) is 44.9 Å². The van der Waals surface area contributed by atoms with Crippen LogP contribution in [0.5, 0.6) is 0 Å². The summed E-state index contributed by atoms with van der Waals surface area (Å²) in [6.45, 7) is 13.1. The van der Waals surface area contributed by atoms with Crippen LogP contribution >= 0.6 is 23.1 Å². The van der Waals surface area contributed by atoms with Gasteiger partial charge in [-0.2, -0.15) is 0 Å². The summed E-state index contributed by atoms with van der Waals surface area (Å²) in [4.78, 5) is 28.0. The van der Waals surface area contributed by atoms with Crippen molar-refractivity contribution in [2.75, 3.05) is 26.0 Å². The second-order valence-corrected chi connectivity index (χ2v) is 9.73. The second kappa shape index (κ2) is 17.0. The highest BCUT2D eigenvalue weighted by Gasteiger charge is 2.18. The van der Waals surface area contributed by atoms with Crippen molar-refractivity contribution in [1.82, 2.24) is 10.2 Å². The Bertz CT molecular complexity index is 639. The Morgan fingerprint density at radius 1 is 1.23 bits per heavy atom. The third kappa shape index (κ3) is 15.7. The quantitative estimate of drug-likeness (QED) is 0.385. The Morgan fingerprint density at radius 3 is 2.39 bits per heavy atom. The van der Waals surface area contributed by atoms with Crippen LogP contribution in [-0.2, 0) is 16.0 Å². The van der Waals surface area contributed by atoms with E-state index in [-0.39, 0.29) is 13.2 Å². The fraction of sp³-hybridized carbons (Fsp3) is 0.652. The summed E-state index contributed by atoms with van der Waals surface area (Å²) in [5.74, 6) is 0. The number of amides is 2. The monoisotopic (exact) mass is 472 g/mol. The number of unbranched alkanes of at least 4 members (excludes halogenated alkanes) is 1. The van der Waals surface area contributed by atoms with Crippen molar-refractivity contribution in [3.63, 3.8) is 0 Å². The molecule has 0 bridgehead atoms. The first kappa shape index (κ1) is 29.3. The van der Waals surface area contributed by atoms with Crippen molar-refractivity contribution in [2.45, 2.75) is 73.0 Å². The zero-order valence-electron chi connectivity index (χ0n) is 20.2. The van der Waals surface area contributed by atoms with Gasteiger partial charge in [0, 0.05) is 9.78 Å². The molecule has 0 aliphatic carbocycles. The number of thioether (sulfide) groups is 1. The van der Waals surface area contributed by atoms with Crippen LogP contribution in [-0.4, -0.2) is 48.6 Å². The van der Waals surface area contributed by atoms with Crippen molar-refractivity contribution in [2.24, 2.45) is 0 Å². The lowest BCUT2D eigenvalue weighted by molar-refractivity contribution is 0.0503. The second-order valence-electron chi connectivity index (χ2n) is 7.76. The molecule has 0 atom stereocenters. The lowest BCUT2D eigenvalue weighted by Crippen LogP contribution is -2.36. The Labute approximate surface area is 196 Å². The van der Waals surface area contributed by atoms with E-state index in [0.29, 0.717) is 13.1 Å². The smallest absolute Gasteiger partial charge is 0.410 e. The van der Waals surface area contributed by atoms with E-state index < -0.39 is 17.8 Å². The van der Waals surface area contributed by atoms with E-state index in [2.05, 4.69) is 32.2 Å². The van der Waals surface area contributed by atoms with Gasteiger partial charge in [0.1, 0.15) is 12.2 Å². The molecule has 2 amide bonds. The largest absolute Gasteiger partial charge is 0.448 e. The number of carbonyl (C=O) groups is 2. The van der Waals surface area contributed by atoms with Gasteiger partial charge < -0.3 is 14.8 Å². The summed E-state index contributed by atoms with van der Waals surface area (Å²) in [6.07, 6.45) is 6.75. The van der Waals surface area contributed by atoms with Crippen LogP contribution in [0.2, 0.25) is 0 Å². The first-order chi connectivity index (χ1) is 14.7. The summed E-state index contributed by atoms with van der Waals surface area (Å²) < 4.78 is 10.5. The summed E-state index contributed by atoms with van der Waals surface area (Å²) in [5, 5.41) is 4.57. The number of nitrogens with one attached hydrogen (secondary N) is 1. The number of hydrogen-bond donors (Lipinski definition) is 1. The first-order valence-corrected chi connectivity index (χ1v) is 12.9. The van der Waals surface area contributed by atoms with E-state index in [9.17, 15) is 9.59 Å². The lowest BCUT2D eigenvalue weighted by atomic mass is 10.2. The van der Waals surface area contributed by atoms with Crippen LogP contribution in [0.4, 0.5) is 9.59 Å². The highest BCUT2D eigenvalue weighted by molar-refractivity contribution is 8.02. The Balaban J connectivity index is 0.00000206. The fourth-order valence-electron chi connectivity index (χ4n) is 2.10. The molecule has 0 unspecified atom stereocenters. The molecule has 6 nitrogen and oxygen atoms in total. The minimum atomic E-state index is -0.557. The van der Waals surface area contributed by atoms with E-state index in [0.717, 1.165) is 16.2 Å². The van der Waals surface area contributed by atoms with Gasteiger partial charge >= 0.3 is 12.2 Å². The van der Waals surface area contributed by atoms with E-state index in [1.54, 1.807) is 48.8 Å². The molecule has 8 heteroatoms. The summed E-state index contributed by atoms with van der Waals surface area (Å²) in [6, 6.07) is 3.96. The van der Waals surface area contributed by atoms with Crippen LogP contribution in [0.15, 0.2) is 28.5 Å². The van der Waals surface area contributed by atoms with Gasteiger partial charge in [0.05, 0.1) is 19.6 Å². The first-order valence-electron chi connectivity index (χ1n) is 10.8. The Morgan fingerprint density at radius 2 is 1.90 bits per heavy atom. The number of ether oxygens (including phenoxy) is 2. The molecule has 178 valence electrons. The van der Waals surface area contributed by atoms with Crippen LogP contribution in [0.1, 0.15) is 65.7 Å². The maximum atomic E-state index is 12.5. The SMILES string of the molecule is CC/C=C(/CN(Cc1cccs1)C(=O)OCCNC(=O)OC(C)(C)C)SC.CCCC. The molecule has 0 saturated heterocycles. The Kier molecular flexibility index (Phi) is 16.0. The van der Waals surface area contributed by atoms with Crippen LogP contribution in [0, 0.1) is 0 Å². The zero-order chi connectivity index (χ0) is 23.7. The highest BCUT2D eigenvalue weighted by atomic mass is 32.2. The van der Waals surface area contributed by atoms with Crippen molar-refractivity contribution >= 4 is 35.3 Å². The minimum Gasteiger partial charge on any atom is -0.448 e. The number of carbonyl (C=O) groups excluding carboxylic acids is 2. The molecule has 0 fully saturated rings. The van der Waals surface area contributed by atoms with Gasteiger partial charge in [0.15, 0.2) is 0 Å². The van der Waals surface area contributed by atoms with Crippen molar-refractivity contribution < 1.29 is 19.1 Å². The van der Waals surface area contributed by atoms with Gasteiger partial charge in [0.25, 0.3) is 0 Å². The number of hydrogen-bond acceptors (Lipinski definition) is 6. The molecule has 0 radical (unpaired) electrons. The summed E-state index contributed by atoms with van der Waals surface area (Å²) >= 11 is 3.24. The molecule has 1 heterocycles. The lowest BCUT2D eigenvalue weighted by Gasteiger charge is -2.23. The van der Waals surface area contributed by atoms with Gasteiger partial charge in [-0.15, -0.1) is 23.1 Å². The molecule has 0 aliphatic rings. The molecule has 0 aromatic carbocycles. The number of alkyl carbamates (subject to hydrolysis) is 1. The molecule has 1 rings (SSSR count). The number of thiophene rings is 1. The molecule has 1 N–H and O–H groups in total. The standard InChI is InChI=1S/C19H30N2O4S2.C4H10/c1-6-8-15(26-5)13-21(14-16-9-7-12-27-16)18(23)24-11-10-20-17(22)25-19(2,3)4;1-3-4-2/h7-9,12H,6,10-11,13-14H2,1-5H3,(H,20,22);3-4H2,1-2H3/b15-8-;. The normalized spacial score (nSPS) is 11.3. The summed E-state index contributed by atoms with van der Waals surface area (Å²) in [5.41, 5.74) is -0.557. The van der Waals surface area contributed by atoms with Gasteiger partial charge in [-0.25, -0.2) is 9.59 Å².